The summed E-state index contributed by atoms with van der Waals surface area (Å²) in [6, 6.07) is -0.338. The van der Waals surface area contributed by atoms with Crippen molar-refractivity contribution in [1.82, 2.24) is 4.98 Å². The van der Waals surface area contributed by atoms with Gasteiger partial charge in [0.2, 0.25) is 5.76 Å². The van der Waals surface area contributed by atoms with Gasteiger partial charge in [-0.15, -0.1) is 0 Å². The molecule has 1 aliphatic rings. The summed E-state index contributed by atoms with van der Waals surface area (Å²) < 4.78 is 47.8. The van der Waals surface area contributed by atoms with Crippen molar-refractivity contribution in [1.29, 1.82) is 0 Å². The van der Waals surface area contributed by atoms with Crippen LogP contribution < -0.4 is 4.90 Å². The van der Waals surface area contributed by atoms with E-state index in [-0.39, 0.29) is 6.01 Å². The molecule has 2 rings (SSSR count). The van der Waals surface area contributed by atoms with Crippen LogP contribution in [0.15, 0.2) is 4.42 Å². The molecular formula is C10H11F3N2O4. The van der Waals surface area contributed by atoms with Crippen LogP contribution in [0.25, 0.3) is 0 Å². The third-order valence-electron chi connectivity index (χ3n) is 2.57. The average molecular weight is 280 g/mol. The molecule has 106 valence electrons. The van der Waals surface area contributed by atoms with Crippen LogP contribution in [0, 0.1) is 0 Å². The molecule has 1 aromatic rings. The van der Waals surface area contributed by atoms with Gasteiger partial charge in [-0.25, -0.2) is 4.79 Å². The average Bonchev–Trinajstić information content (AvgIpc) is 2.60. The fourth-order valence-corrected chi connectivity index (χ4v) is 1.72. The Morgan fingerprint density at radius 1 is 1.32 bits per heavy atom. The molecule has 0 spiro atoms. The monoisotopic (exact) mass is 280 g/mol. The Morgan fingerprint density at radius 2 is 2.05 bits per heavy atom. The molecule has 1 N–H and O–H groups in total. The van der Waals surface area contributed by atoms with Gasteiger partial charge in [0, 0.05) is 19.7 Å². The van der Waals surface area contributed by atoms with E-state index in [4.69, 9.17) is 14.3 Å². The highest BCUT2D eigenvalue weighted by Crippen LogP contribution is 2.34. The Labute approximate surface area is 105 Å². The molecule has 0 aliphatic carbocycles. The summed E-state index contributed by atoms with van der Waals surface area (Å²) in [5.41, 5.74) is -1.51. The van der Waals surface area contributed by atoms with Crippen molar-refractivity contribution < 1.29 is 32.2 Å². The second kappa shape index (κ2) is 5.08. The maximum Gasteiger partial charge on any atom is 0.437 e. The fourth-order valence-electron chi connectivity index (χ4n) is 1.72. The first-order valence-corrected chi connectivity index (χ1v) is 5.53. The smallest absolute Gasteiger partial charge is 0.437 e. The summed E-state index contributed by atoms with van der Waals surface area (Å²) in [4.78, 5) is 15.5. The van der Waals surface area contributed by atoms with Gasteiger partial charge in [-0.05, 0) is 6.42 Å². The van der Waals surface area contributed by atoms with E-state index < -0.39 is 23.6 Å². The van der Waals surface area contributed by atoms with Gasteiger partial charge in [-0.3, -0.25) is 0 Å². The first-order chi connectivity index (χ1) is 8.89. The van der Waals surface area contributed by atoms with E-state index in [1.807, 2.05) is 0 Å². The SMILES string of the molecule is O=C(O)c1oc(N2CCCOCC2)nc1C(F)(F)F. The van der Waals surface area contributed by atoms with Gasteiger partial charge in [0.15, 0.2) is 5.69 Å². The van der Waals surface area contributed by atoms with Crippen LogP contribution in [-0.2, 0) is 10.9 Å². The van der Waals surface area contributed by atoms with E-state index in [2.05, 4.69) is 4.98 Å². The Balaban J connectivity index is 2.34. The van der Waals surface area contributed by atoms with Gasteiger partial charge in [0.1, 0.15) is 0 Å². The number of rotatable bonds is 2. The number of aromatic nitrogens is 1. The van der Waals surface area contributed by atoms with Crippen LogP contribution in [0.5, 0.6) is 0 Å². The van der Waals surface area contributed by atoms with Gasteiger partial charge in [-0.2, -0.15) is 18.2 Å². The highest BCUT2D eigenvalue weighted by Gasteiger charge is 2.42. The fraction of sp³-hybridized carbons (Fsp3) is 0.600. The number of carboxylic acids is 1. The number of anilines is 1. The lowest BCUT2D eigenvalue weighted by Gasteiger charge is -2.16. The number of oxazole rings is 1. The number of alkyl halides is 3. The Kier molecular flexibility index (Phi) is 3.65. The molecule has 0 unspecified atom stereocenters. The van der Waals surface area contributed by atoms with Crippen molar-refractivity contribution in [3.63, 3.8) is 0 Å². The Morgan fingerprint density at radius 3 is 2.63 bits per heavy atom. The highest BCUT2D eigenvalue weighted by molar-refractivity contribution is 5.86. The van der Waals surface area contributed by atoms with E-state index >= 15 is 0 Å². The van der Waals surface area contributed by atoms with Gasteiger partial charge in [0.05, 0.1) is 6.61 Å². The normalized spacial score (nSPS) is 17.3. The predicted octanol–water partition coefficient (Wildman–Crippen LogP) is 1.62. The highest BCUT2D eigenvalue weighted by atomic mass is 19.4. The van der Waals surface area contributed by atoms with Crippen molar-refractivity contribution in [3.8, 4) is 0 Å². The lowest BCUT2D eigenvalue weighted by molar-refractivity contribution is -0.141. The number of carbonyl (C=O) groups is 1. The van der Waals surface area contributed by atoms with Gasteiger partial charge >= 0.3 is 12.1 Å². The van der Waals surface area contributed by atoms with Crippen LogP contribution in [-0.4, -0.2) is 42.4 Å². The second-order valence-electron chi connectivity index (χ2n) is 3.93. The van der Waals surface area contributed by atoms with Gasteiger partial charge in [-0.1, -0.05) is 0 Å². The predicted molar refractivity (Wildman–Crippen MR) is 56.1 cm³/mol. The zero-order valence-corrected chi connectivity index (χ0v) is 9.74. The maximum atomic E-state index is 12.6. The van der Waals surface area contributed by atoms with Crippen LogP contribution in [0.3, 0.4) is 0 Å². The number of carboxylic acid groups (broad SMARTS) is 1. The van der Waals surface area contributed by atoms with Crippen molar-refractivity contribution in [2.75, 3.05) is 31.2 Å². The summed E-state index contributed by atoms with van der Waals surface area (Å²) in [6.45, 7) is 1.52. The van der Waals surface area contributed by atoms with Crippen molar-refractivity contribution in [3.05, 3.63) is 11.5 Å². The minimum Gasteiger partial charge on any atom is -0.475 e. The lowest BCUT2D eigenvalue weighted by atomic mass is 10.3. The quantitative estimate of drug-likeness (QED) is 0.887. The second-order valence-corrected chi connectivity index (χ2v) is 3.93. The summed E-state index contributed by atoms with van der Waals surface area (Å²) in [7, 11) is 0. The third-order valence-corrected chi connectivity index (χ3v) is 2.57. The summed E-state index contributed by atoms with van der Waals surface area (Å²) in [5, 5.41) is 8.72. The number of ether oxygens (including phenoxy) is 1. The molecule has 0 amide bonds. The first-order valence-electron chi connectivity index (χ1n) is 5.53. The molecule has 1 saturated heterocycles. The maximum absolute atomic E-state index is 12.6. The van der Waals surface area contributed by atoms with E-state index in [1.165, 1.54) is 4.90 Å². The zero-order valence-electron chi connectivity index (χ0n) is 9.74. The number of nitrogens with zero attached hydrogens (tertiary/aromatic N) is 2. The summed E-state index contributed by atoms with van der Waals surface area (Å²) in [5.74, 6) is -2.98. The molecule has 9 heteroatoms. The van der Waals surface area contributed by atoms with Gasteiger partial charge < -0.3 is 19.2 Å². The summed E-state index contributed by atoms with van der Waals surface area (Å²) in [6.07, 6.45) is -4.26. The van der Waals surface area contributed by atoms with Crippen LogP contribution >= 0.6 is 0 Å². The molecule has 1 fully saturated rings. The van der Waals surface area contributed by atoms with Gasteiger partial charge in [0.25, 0.3) is 6.01 Å². The topological polar surface area (TPSA) is 75.8 Å². The number of hydrogen-bond acceptors (Lipinski definition) is 5. The van der Waals surface area contributed by atoms with Crippen molar-refractivity contribution in [2.45, 2.75) is 12.6 Å². The number of hydrogen-bond donors (Lipinski definition) is 1. The van der Waals surface area contributed by atoms with E-state index in [0.29, 0.717) is 32.7 Å². The van der Waals surface area contributed by atoms with Crippen molar-refractivity contribution >= 4 is 12.0 Å². The van der Waals surface area contributed by atoms with Crippen molar-refractivity contribution in [2.24, 2.45) is 0 Å². The lowest BCUT2D eigenvalue weighted by Crippen LogP contribution is -2.26. The molecule has 19 heavy (non-hydrogen) atoms. The first kappa shape index (κ1) is 13.7. The molecular weight excluding hydrogens is 269 g/mol. The Hall–Kier alpha value is -1.77. The molecule has 0 radical (unpaired) electrons. The molecule has 2 heterocycles. The minimum absolute atomic E-state index is 0.302. The molecule has 0 atom stereocenters. The zero-order chi connectivity index (χ0) is 14.0. The number of aromatic carboxylic acids is 1. The molecule has 6 nitrogen and oxygen atoms in total. The Bertz CT molecular complexity index is 464. The van der Waals surface area contributed by atoms with Crippen LogP contribution in [0.1, 0.15) is 22.7 Å². The molecule has 1 aromatic heterocycles. The molecule has 1 aliphatic heterocycles. The van der Waals surface area contributed by atoms with E-state index in [0.717, 1.165) is 0 Å². The van der Waals surface area contributed by atoms with Crippen LogP contribution in [0.2, 0.25) is 0 Å². The molecule has 0 aromatic carbocycles. The van der Waals surface area contributed by atoms with Crippen LogP contribution in [0.4, 0.5) is 19.2 Å². The number of halogens is 3. The standard InChI is InChI=1S/C10H11F3N2O4/c11-10(12,13)7-6(8(16)17)19-9(14-7)15-2-1-4-18-5-3-15/h1-5H2,(H,16,17). The molecule has 0 bridgehead atoms. The van der Waals surface area contributed by atoms with E-state index in [9.17, 15) is 18.0 Å². The largest absolute Gasteiger partial charge is 0.475 e. The molecule has 0 saturated carbocycles. The summed E-state index contributed by atoms with van der Waals surface area (Å²) >= 11 is 0. The minimum atomic E-state index is -4.86. The van der Waals surface area contributed by atoms with E-state index in [1.54, 1.807) is 0 Å². The third kappa shape index (κ3) is 2.98.